The number of amides is 1. The Balaban J connectivity index is 2.62. The van der Waals surface area contributed by atoms with E-state index in [4.69, 9.17) is 5.11 Å². The lowest BCUT2D eigenvalue weighted by Gasteiger charge is -2.15. The van der Waals surface area contributed by atoms with Gasteiger partial charge in [0.2, 0.25) is 0 Å². The number of hydroxylamine groups is 2. The highest BCUT2D eigenvalue weighted by molar-refractivity contribution is 5.63. The van der Waals surface area contributed by atoms with Gasteiger partial charge in [-0.05, 0) is 5.56 Å². The second-order valence-corrected chi connectivity index (χ2v) is 2.49. The summed E-state index contributed by atoms with van der Waals surface area (Å²) in [5.41, 5.74) is 0.895. The molecule has 1 amide bonds. The summed E-state index contributed by atoms with van der Waals surface area (Å²) in [4.78, 5) is 15.2. The van der Waals surface area contributed by atoms with Gasteiger partial charge in [-0.15, -0.1) is 0 Å². The van der Waals surface area contributed by atoms with E-state index in [0.717, 1.165) is 10.6 Å². The summed E-state index contributed by atoms with van der Waals surface area (Å²) in [5.74, 6) is 0. The third kappa shape index (κ3) is 2.76. The molecule has 0 radical (unpaired) electrons. The third-order valence-electron chi connectivity index (χ3n) is 1.60. The van der Waals surface area contributed by atoms with Gasteiger partial charge in [0.25, 0.3) is 0 Å². The Bertz CT molecular complexity index is 273. The standard InChI is InChI=1S/C9H11NO3/c1-13-10(9(11)12)7-8-5-3-2-4-6-8/h2-6H,7H2,1H3,(H,11,12). The number of nitrogens with zero attached hydrogens (tertiary/aromatic N) is 1. The molecule has 0 aromatic heterocycles. The van der Waals surface area contributed by atoms with Crippen LogP contribution in [0.4, 0.5) is 4.79 Å². The van der Waals surface area contributed by atoms with Crippen molar-refractivity contribution in [1.29, 1.82) is 0 Å². The summed E-state index contributed by atoms with van der Waals surface area (Å²) < 4.78 is 0. The minimum Gasteiger partial charge on any atom is -0.463 e. The van der Waals surface area contributed by atoms with Crippen molar-refractivity contribution in [3.63, 3.8) is 0 Å². The first-order valence-electron chi connectivity index (χ1n) is 3.82. The SMILES string of the molecule is CON(Cc1ccccc1)C(=O)O. The van der Waals surface area contributed by atoms with Crippen molar-refractivity contribution in [2.24, 2.45) is 0 Å². The maximum Gasteiger partial charge on any atom is 0.431 e. The molecule has 70 valence electrons. The van der Waals surface area contributed by atoms with Gasteiger partial charge in [-0.2, -0.15) is 5.06 Å². The van der Waals surface area contributed by atoms with Crippen LogP contribution in [-0.2, 0) is 11.4 Å². The van der Waals surface area contributed by atoms with Crippen LogP contribution in [0.1, 0.15) is 5.56 Å². The van der Waals surface area contributed by atoms with E-state index >= 15 is 0 Å². The summed E-state index contributed by atoms with van der Waals surface area (Å²) >= 11 is 0. The highest BCUT2D eigenvalue weighted by Crippen LogP contribution is 2.03. The van der Waals surface area contributed by atoms with Crippen LogP contribution < -0.4 is 0 Å². The zero-order valence-electron chi connectivity index (χ0n) is 7.30. The molecule has 0 saturated carbocycles. The van der Waals surface area contributed by atoms with Crippen molar-refractivity contribution in [3.8, 4) is 0 Å². The molecule has 1 aromatic carbocycles. The number of benzene rings is 1. The van der Waals surface area contributed by atoms with Gasteiger partial charge in [0, 0.05) is 0 Å². The van der Waals surface area contributed by atoms with Crippen LogP contribution in [0.3, 0.4) is 0 Å². The van der Waals surface area contributed by atoms with E-state index in [2.05, 4.69) is 4.84 Å². The molecule has 0 atom stereocenters. The minimum absolute atomic E-state index is 0.243. The first-order valence-corrected chi connectivity index (χ1v) is 3.82. The lowest BCUT2D eigenvalue weighted by Crippen LogP contribution is -2.27. The average Bonchev–Trinajstić information content (AvgIpc) is 2.15. The molecule has 0 aliphatic rings. The minimum atomic E-state index is -1.09. The Hall–Kier alpha value is -1.55. The van der Waals surface area contributed by atoms with E-state index < -0.39 is 6.09 Å². The van der Waals surface area contributed by atoms with Gasteiger partial charge in [0.15, 0.2) is 0 Å². The van der Waals surface area contributed by atoms with E-state index in [-0.39, 0.29) is 6.54 Å². The van der Waals surface area contributed by atoms with Gasteiger partial charge < -0.3 is 5.11 Å². The van der Waals surface area contributed by atoms with Gasteiger partial charge in [-0.3, -0.25) is 4.84 Å². The molecule has 13 heavy (non-hydrogen) atoms. The van der Waals surface area contributed by atoms with Gasteiger partial charge in [-0.1, -0.05) is 30.3 Å². The molecule has 4 heteroatoms. The highest BCUT2D eigenvalue weighted by atomic mass is 16.7. The maximum absolute atomic E-state index is 10.5. The van der Waals surface area contributed by atoms with Crippen molar-refractivity contribution in [2.75, 3.05) is 7.11 Å². The Morgan fingerprint density at radius 3 is 2.54 bits per heavy atom. The largest absolute Gasteiger partial charge is 0.463 e. The molecule has 1 rings (SSSR count). The molecule has 0 bridgehead atoms. The van der Waals surface area contributed by atoms with Crippen molar-refractivity contribution in [2.45, 2.75) is 6.54 Å². The molecule has 0 unspecified atom stereocenters. The number of hydrogen-bond acceptors (Lipinski definition) is 2. The van der Waals surface area contributed by atoms with Crippen LogP contribution in [0.25, 0.3) is 0 Å². The normalized spacial score (nSPS) is 9.62. The fourth-order valence-corrected chi connectivity index (χ4v) is 0.960. The van der Waals surface area contributed by atoms with E-state index in [1.165, 1.54) is 7.11 Å². The summed E-state index contributed by atoms with van der Waals surface area (Å²) in [6.45, 7) is 0.243. The highest BCUT2D eigenvalue weighted by Gasteiger charge is 2.10. The first kappa shape index (κ1) is 9.54. The van der Waals surface area contributed by atoms with E-state index in [1.807, 2.05) is 30.3 Å². The summed E-state index contributed by atoms with van der Waals surface area (Å²) in [6.07, 6.45) is -1.09. The van der Waals surface area contributed by atoms with Crippen LogP contribution in [0, 0.1) is 0 Å². The predicted molar refractivity (Wildman–Crippen MR) is 47.0 cm³/mol. The van der Waals surface area contributed by atoms with Crippen LogP contribution in [0.15, 0.2) is 30.3 Å². The number of rotatable bonds is 3. The maximum atomic E-state index is 10.5. The van der Waals surface area contributed by atoms with E-state index in [1.54, 1.807) is 0 Å². The summed E-state index contributed by atoms with van der Waals surface area (Å²) in [6, 6.07) is 9.27. The summed E-state index contributed by atoms with van der Waals surface area (Å²) in [5, 5.41) is 9.51. The molecule has 0 heterocycles. The molecule has 0 fully saturated rings. The topological polar surface area (TPSA) is 49.8 Å². The Morgan fingerprint density at radius 1 is 1.46 bits per heavy atom. The monoisotopic (exact) mass is 181 g/mol. The number of hydrogen-bond donors (Lipinski definition) is 1. The Kier molecular flexibility index (Phi) is 3.28. The summed E-state index contributed by atoms with van der Waals surface area (Å²) in [7, 11) is 1.33. The zero-order chi connectivity index (χ0) is 9.68. The van der Waals surface area contributed by atoms with E-state index in [9.17, 15) is 4.79 Å². The molecule has 4 nitrogen and oxygen atoms in total. The molecule has 0 saturated heterocycles. The van der Waals surface area contributed by atoms with Crippen LogP contribution in [0.5, 0.6) is 0 Å². The third-order valence-corrected chi connectivity index (χ3v) is 1.60. The molecular weight excluding hydrogens is 170 g/mol. The molecule has 1 N–H and O–H groups in total. The number of carbonyl (C=O) groups is 1. The first-order chi connectivity index (χ1) is 6.24. The van der Waals surface area contributed by atoms with Crippen LogP contribution in [-0.4, -0.2) is 23.4 Å². The van der Waals surface area contributed by atoms with E-state index in [0.29, 0.717) is 0 Å². The van der Waals surface area contributed by atoms with Gasteiger partial charge in [0.1, 0.15) is 0 Å². The number of carboxylic acid groups (broad SMARTS) is 1. The molecule has 0 spiro atoms. The fourth-order valence-electron chi connectivity index (χ4n) is 0.960. The lowest BCUT2D eigenvalue weighted by molar-refractivity contribution is -0.109. The van der Waals surface area contributed by atoms with Crippen molar-refractivity contribution >= 4 is 6.09 Å². The van der Waals surface area contributed by atoms with Gasteiger partial charge >= 0.3 is 6.09 Å². The lowest BCUT2D eigenvalue weighted by atomic mass is 10.2. The van der Waals surface area contributed by atoms with Crippen molar-refractivity contribution in [1.82, 2.24) is 5.06 Å². The molecule has 0 aliphatic carbocycles. The predicted octanol–water partition coefficient (Wildman–Crippen LogP) is 1.73. The van der Waals surface area contributed by atoms with Crippen LogP contribution >= 0.6 is 0 Å². The van der Waals surface area contributed by atoms with Crippen molar-refractivity contribution < 1.29 is 14.7 Å². The molecular formula is C9H11NO3. The zero-order valence-corrected chi connectivity index (χ0v) is 7.30. The fraction of sp³-hybridized carbons (Fsp3) is 0.222. The molecule has 0 aliphatic heterocycles. The Morgan fingerprint density at radius 2 is 2.08 bits per heavy atom. The average molecular weight is 181 g/mol. The van der Waals surface area contributed by atoms with Crippen molar-refractivity contribution in [3.05, 3.63) is 35.9 Å². The van der Waals surface area contributed by atoms with Gasteiger partial charge in [0.05, 0.1) is 13.7 Å². The smallest absolute Gasteiger partial charge is 0.431 e. The molecule has 1 aromatic rings. The second kappa shape index (κ2) is 4.47. The second-order valence-electron chi connectivity index (χ2n) is 2.49. The Labute approximate surface area is 76.3 Å². The quantitative estimate of drug-likeness (QED) is 0.722. The van der Waals surface area contributed by atoms with Crippen LogP contribution in [0.2, 0.25) is 0 Å². The van der Waals surface area contributed by atoms with Gasteiger partial charge in [-0.25, -0.2) is 4.79 Å².